The zero-order valence-electron chi connectivity index (χ0n) is 85.4. The van der Waals surface area contributed by atoms with Crippen molar-refractivity contribution in [2.75, 3.05) is 9.80 Å². The van der Waals surface area contributed by atoms with Gasteiger partial charge in [0.15, 0.2) is 0 Å². The molecule has 570 valence electrons. The molecular formula is C114H91BN4. The Morgan fingerprint density at radius 2 is 0.487 bits per heavy atom. The first kappa shape index (κ1) is 55.5. The lowest BCUT2D eigenvalue weighted by Crippen LogP contribution is -2.61. The molecule has 0 unspecified atom stereocenters. The maximum absolute atomic E-state index is 11.2. The van der Waals surface area contributed by atoms with Gasteiger partial charge in [-0.2, -0.15) is 0 Å². The quantitative estimate of drug-likeness (QED) is 0.113. The number of anilines is 6. The normalized spacial score (nSPS) is 14.8. The Bertz CT molecular complexity index is 7610. The maximum atomic E-state index is 11.2. The van der Waals surface area contributed by atoms with E-state index in [0.29, 0.717) is 50.5 Å². The lowest BCUT2D eigenvalue weighted by molar-refractivity contribution is 0.590. The van der Waals surface area contributed by atoms with Gasteiger partial charge in [-0.25, -0.2) is 0 Å². The number of hydrogen-bond donors (Lipinski definition) is 0. The van der Waals surface area contributed by atoms with E-state index in [0.717, 1.165) is 106 Å². The fraction of sp³-hybridized carbons (Fsp3) is 0.105. The predicted octanol–water partition coefficient (Wildman–Crippen LogP) is 29.2. The van der Waals surface area contributed by atoms with Gasteiger partial charge in [0.25, 0.3) is 6.71 Å². The summed E-state index contributed by atoms with van der Waals surface area (Å²) in [6.45, 7) is 18.6. The van der Waals surface area contributed by atoms with E-state index in [4.69, 9.17) is 0 Å². The molecule has 0 saturated carbocycles. The van der Waals surface area contributed by atoms with E-state index in [-0.39, 0.29) is 67.1 Å². The van der Waals surface area contributed by atoms with E-state index in [9.17, 15) is 24.7 Å². The molecule has 0 radical (unpaired) electrons. The van der Waals surface area contributed by atoms with Crippen LogP contribution in [0.5, 0.6) is 0 Å². The Morgan fingerprint density at radius 3 is 0.773 bits per heavy atom. The molecule has 0 amide bonds. The average molecular weight is 1550 g/mol. The zero-order valence-corrected chi connectivity index (χ0v) is 67.4. The van der Waals surface area contributed by atoms with E-state index in [1.165, 1.54) is 9.13 Å². The molecule has 17 aromatic carbocycles. The minimum atomic E-state index is -1.09. The highest BCUT2D eigenvalue weighted by Crippen LogP contribution is 2.57. The molecule has 4 heterocycles. The van der Waals surface area contributed by atoms with Crippen LogP contribution < -0.4 is 26.2 Å². The lowest BCUT2D eigenvalue weighted by atomic mass is 9.33. The number of para-hydroxylation sites is 4. The van der Waals surface area contributed by atoms with Crippen LogP contribution in [0.4, 0.5) is 34.1 Å². The van der Waals surface area contributed by atoms with E-state index >= 15 is 0 Å². The minimum absolute atomic E-state index is 0.0237. The van der Waals surface area contributed by atoms with Crippen molar-refractivity contribution in [1.82, 2.24) is 9.13 Å². The van der Waals surface area contributed by atoms with Crippen LogP contribution in [0.3, 0.4) is 0 Å². The topological polar surface area (TPSA) is 16.3 Å². The Morgan fingerprint density at radius 1 is 0.235 bits per heavy atom. The maximum Gasteiger partial charge on any atom is 0.252 e. The first-order valence-corrected chi connectivity index (χ1v) is 40.5. The molecule has 2 aliphatic rings. The third-order valence-corrected chi connectivity index (χ3v) is 23.8. The molecule has 5 heteroatoms. The summed E-state index contributed by atoms with van der Waals surface area (Å²) in [6.07, 6.45) is 0. The summed E-state index contributed by atoms with van der Waals surface area (Å²) in [7, 11) is 0. The third kappa shape index (κ3) is 12.5. The van der Waals surface area contributed by atoms with Gasteiger partial charge in [-0.05, 0) is 237 Å². The molecule has 2 aromatic heterocycles. The summed E-state index contributed by atoms with van der Waals surface area (Å²) in [6, 6.07) is 85.4. The van der Waals surface area contributed by atoms with E-state index in [1.807, 2.05) is 121 Å². The van der Waals surface area contributed by atoms with Crippen LogP contribution in [0.2, 0.25) is 0 Å². The van der Waals surface area contributed by atoms with Gasteiger partial charge in [0.2, 0.25) is 0 Å². The van der Waals surface area contributed by atoms with E-state index < -0.39 is 120 Å². The van der Waals surface area contributed by atoms with Crippen molar-refractivity contribution in [2.45, 2.75) is 78.6 Å². The number of aromatic nitrogens is 2. The Labute approximate surface area is 724 Å². The average Bonchev–Trinajstić information content (AvgIpc) is 1.32. The van der Waals surface area contributed by atoms with Crippen molar-refractivity contribution >= 4 is 101 Å². The molecular weight excluding hydrogens is 1440 g/mol. The highest BCUT2D eigenvalue weighted by atomic mass is 15.2. The van der Waals surface area contributed by atoms with Crippen LogP contribution in [0.25, 0.3) is 144 Å². The lowest BCUT2D eigenvalue weighted by Gasteiger charge is -2.47. The molecule has 2 aliphatic heterocycles. The van der Waals surface area contributed by atoms with Crippen molar-refractivity contribution in [3.8, 4) is 100 Å². The zero-order chi connectivity index (χ0) is 96.2. The van der Waals surface area contributed by atoms with Crippen LogP contribution in [0, 0.1) is 0 Å². The van der Waals surface area contributed by atoms with Crippen LogP contribution in [-0.4, -0.2) is 15.8 Å². The molecule has 19 aromatic rings. The number of rotatable bonds is 12. The highest BCUT2D eigenvalue weighted by Gasteiger charge is 2.47. The standard InChI is InChI=1S/C114H91BN4/c1-112(2,3)86-66-95(78-44-24-14-25-45-78)110(97(68-86)84-62-80(74-36-16-10-17-37-74)60-81(63-84)75-38-18-11-19-39-75)118-105-72-89(116-101-52-32-28-48-91(101)92-49-29-33-53-102(92)116)56-58-99(105)115-100-59-57-90(117-103-54-34-30-50-93(103)94-51-31-35-55-104(94)117)73-106(100)119(108-71-88(114(7,8)9)70-107(118)109(108)115)111-96(79-46-26-15-27-47-79)67-87(113(4,5)6)69-98(111)85-64-82(76-40-20-12-21-41-76)61-83(65-85)77-42-22-13-23-43-77/h10-73H,1-9H3/i28D,29D,30D,31D,32D,33D,34D,35D,48D,49D,50D,51D,52D,53D,54D,55D,56D,57D. The fourth-order valence-corrected chi connectivity index (χ4v) is 17.8. The summed E-state index contributed by atoms with van der Waals surface area (Å²) in [5.41, 5.74) is 18.7. The monoisotopic (exact) mass is 1540 g/mol. The summed E-state index contributed by atoms with van der Waals surface area (Å²) in [5, 5.41) is -0.729. The summed E-state index contributed by atoms with van der Waals surface area (Å²) in [5.74, 6) is 0. The van der Waals surface area contributed by atoms with Crippen LogP contribution in [0.15, 0.2) is 388 Å². The largest absolute Gasteiger partial charge is 0.310 e. The van der Waals surface area contributed by atoms with E-state index in [1.54, 1.807) is 12.1 Å². The predicted molar refractivity (Wildman–Crippen MR) is 509 cm³/mol. The van der Waals surface area contributed by atoms with Crippen molar-refractivity contribution < 1.29 is 24.7 Å². The van der Waals surface area contributed by atoms with Gasteiger partial charge in [-0.1, -0.05) is 329 Å². The number of hydrogen-bond acceptors (Lipinski definition) is 2. The third-order valence-electron chi connectivity index (χ3n) is 23.8. The van der Waals surface area contributed by atoms with Gasteiger partial charge < -0.3 is 18.9 Å². The summed E-state index contributed by atoms with van der Waals surface area (Å²) < 4.78 is 180. The van der Waals surface area contributed by atoms with Crippen molar-refractivity contribution in [1.29, 1.82) is 0 Å². The van der Waals surface area contributed by atoms with Crippen molar-refractivity contribution in [2.24, 2.45) is 0 Å². The Kier molecular flexibility index (Phi) is 13.3. The fourth-order valence-electron chi connectivity index (χ4n) is 17.8. The van der Waals surface area contributed by atoms with Gasteiger partial charge >= 0.3 is 0 Å². The molecule has 0 N–H and O–H groups in total. The first-order valence-electron chi connectivity index (χ1n) is 49.5. The Balaban J connectivity index is 1.01. The molecule has 0 aliphatic carbocycles. The van der Waals surface area contributed by atoms with Crippen LogP contribution in [0.1, 0.15) is 104 Å². The molecule has 0 saturated heterocycles. The van der Waals surface area contributed by atoms with Gasteiger partial charge in [0.1, 0.15) is 0 Å². The van der Waals surface area contributed by atoms with Crippen molar-refractivity contribution in [3.05, 3.63) is 405 Å². The number of nitrogens with zero attached hydrogens (tertiary/aromatic N) is 4. The minimum Gasteiger partial charge on any atom is -0.310 e. The SMILES string of the molecule is [2H]c1cc2c(cc1-n1c3c([2H])c([2H])c([2H])c([2H])c3c3c([2H])c([2H])c([2H])c([2H])c31)N(c1c(-c3ccccc3)cc(C(C)(C)C)cc1-c1cc(-c3ccccc3)cc(-c3ccccc3)c1)c1cc(C(C)(C)C)cc3c1B2c1cc([2H])c(-n2c4c([2H])c([2H])c([2H])c([2H])c4c4c([2H])c([2H])c([2H])c([2H])c42)cc1N3c1c(-c2ccccc2)cc(C(C)(C)C)cc1-c1cc(-c2ccccc2)cc(-c2ccccc2)c1. The molecule has 4 nitrogen and oxygen atoms in total. The second kappa shape index (κ2) is 28.4. The van der Waals surface area contributed by atoms with Gasteiger partial charge in [0.05, 0.1) is 58.1 Å². The summed E-state index contributed by atoms with van der Waals surface area (Å²) in [4.78, 5) is 4.55. The molecule has 0 atom stereocenters. The molecule has 0 fully saturated rings. The second-order valence-electron chi connectivity index (χ2n) is 34.3. The van der Waals surface area contributed by atoms with Crippen molar-refractivity contribution in [3.63, 3.8) is 0 Å². The molecule has 119 heavy (non-hydrogen) atoms. The van der Waals surface area contributed by atoms with E-state index in [2.05, 4.69) is 218 Å². The molecule has 0 spiro atoms. The number of benzene rings is 17. The van der Waals surface area contributed by atoms with Gasteiger partial charge in [-0.3, -0.25) is 0 Å². The van der Waals surface area contributed by atoms with Crippen LogP contribution in [-0.2, 0) is 16.2 Å². The number of fused-ring (bicyclic) bond motifs is 10. The summed E-state index contributed by atoms with van der Waals surface area (Å²) >= 11 is 0. The molecule has 0 bridgehead atoms. The highest BCUT2D eigenvalue weighted by molar-refractivity contribution is 7.00. The Hall–Kier alpha value is -14.0. The smallest absolute Gasteiger partial charge is 0.252 e. The van der Waals surface area contributed by atoms with Crippen LogP contribution >= 0.6 is 0 Å². The first-order chi connectivity index (χ1) is 65.4. The molecule has 21 rings (SSSR count). The second-order valence-corrected chi connectivity index (χ2v) is 34.3. The van der Waals surface area contributed by atoms with Gasteiger partial charge in [-0.15, -0.1) is 0 Å². The van der Waals surface area contributed by atoms with Gasteiger partial charge in [0, 0.05) is 77.9 Å².